The van der Waals surface area contributed by atoms with Gasteiger partial charge in [-0.3, -0.25) is 9.71 Å². The van der Waals surface area contributed by atoms with Crippen molar-refractivity contribution in [2.45, 2.75) is 11.8 Å². The lowest BCUT2D eigenvalue weighted by Crippen LogP contribution is -2.17. The lowest BCUT2D eigenvalue weighted by molar-refractivity contribution is 0.522. The largest absolute Gasteiger partial charge is 0.399 e. The van der Waals surface area contributed by atoms with Gasteiger partial charge in [0.25, 0.3) is 10.0 Å². The van der Waals surface area contributed by atoms with E-state index < -0.39 is 26.6 Å². The maximum absolute atomic E-state index is 13.6. The van der Waals surface area contributed by atoms with Crippen LogP contribution in [0.4, 0.5) is 20.2 Å². The number of halogens is 2. The van der Waals surface area contributed by atoms with E-state index in [1.54, 1.807) is 6.92 Å². The number of nitrogens with one attached hydrogen (secondary N) is 1. The minimum absolute atomic E-state index is 0.112. The molecule has 5 nitrogen and oxygen atoms in total. The van der Waals surface area contributed by atoms with E-state index >= 15 is 0 Å². The van der Waals surface area contributed by atoms with Crippen molar-refractivity contribution in [1.29, 1.82) is 0 Å². The number of hydrogen-bond acceptors (Lipinski definition) is 4. The first-order valence-electron chi connectivity index (χ1n) is 5.48. The molecule has 2 aromatic rings. The fourth-order valence-electron chi connectivity index (χ4n) is 1.65. The van der Waals surface area contributed by atoms with Crippen LogP contribution in [0.15, 0.2) is 35.5 Å². The van der Waals surface area contributed by atoms with Crippen LogP contribution in [0.2, 0.25) is 0 Å². The predicted octanol–water partition coefficient (Wildman–Crippen LogP) is 2.05. The number of rotatable bonds is 3. The lowest BCUT2D eigenvalue weighted by atomic mass is 10.3. The van der Waals surface area contributed by atoms with E-state index in [1.165, 1.54) is 18.5 Å². The van der Waals surface area contributed by atoms with Crippen LogP contribution in [-0.4, -0.2) is 13.4 Å². The topological polar surface area (TPSA) is 85.1 Å². The van der Waals surface area contributed by atoms with Gasteiger partial charge in [0, 0.05) is 11.9 Å². The highest BCUT2D eigenvalue weighted by atomic mass is 32.2. The van der Waals surface area contributed by atoms with Crippen molar-refractivity contribution in [3.63, 3.8) is 0 Å². The molecule has 0 aliphatic rings. The van der Waals surface area contributed by atoms with Crippen LogP contribution in [-0.2, 0) is 10.0 Å². The molecule has 1 aromatic carbocycles. The van der Waals surface area contributed by atoms with Gasteiger partial charge in [-0.25, -0.2) is 17.2 Å². The zero-order valence-corrected chi connectivity index (χ0v) is 11.2. The summed E-state index contributed by atoms with van der Waals surface area (Å²) in [4.78, 5) is 2.71. The average molecular weight is 299 g/mol. The number of aromatic nitrogens is 1. The summed E-state index contributed by atoms with van der Waals surface area (Å²) in [7, 11) is -4.40. The number of sulfonamides is 1. The molecule has 20 heavy (non-hydrogen) atoms. The minimum Gasteiger partial charge on any atom is -0.399 e. The Bertz CT molecular complexity index is 740. The second kappa shape index (κ2) is 5.04. The van der Waals surface area contributed by atoms with Gasteiger partial charge < -0.3 is 5.73 Å². The van der Waals surface area contributed by atoms with Crippen LogP contribution < -0.4 is 10.5 Å². The fraction of sp³-hybridized carbons (Fsp3) is 0.0833. The quantitative estimate of drug-likeness (QED) is 0.849. The van der Waals surface area contributed by atoms with Crippen molar-refractivity contribution in [2.75, 3.05) is 10.5 Å². The molecule has 8 heteroatoms. The Balaban J connectivity index is 2.46. The zero-order chi connectivity index (χ0) is 14.9. The number of nitrogens with two attached hydrogens (primary N) is 1. The van der Waals surface area contributed by atoms with E-state index in [0.717, 1.165) is 12.1 Å². The van der Waals surface area contributed by atoms with Crippen molar-refractivity contribution in [1.82, 2.24) is 4.98 Å². The molecule has 0 spiro atoms. The second-order valence-corrected chi connectivity index (χ2v) is 5.79. The molecular formula is C12H11F2N3O2S. The molecule has 0 aliphatic carbocycles. The highest BCUT2D eigenvalue weighted by Crippen LogP contribution is 2.24. The molecule has 0 atom stereocenters. The van der Waals surface area contributed by atoms with E-state index in [0.29, 0.717) is 5.56 Å². The first-order chi connectivity index (χ1) is 9.29. The van der Waals surface area contributed by atoms with Gasteiger partial charge in [-0.2, -0.15) is 0 Å². The lowest BCUT2D eigenvalue weighted by Gasteiger charge is -2.10. The van der Waals surface area contributed by atoms with Gasteiger partial charge in [0.2, 0.25) is 0 Å². The molecule has 1 heterocycles. The Hall–Kier alpha value is -2.22. The highest BCUT2D eigenvalue weighted by Gasteiger charge is 2.24. The molecule has 106 valence electrons. The molecule has 0 unspecified atom stereocenters. The molecule has 0 saturated heterocycles. The highest BCUT2D eigenvalue weighted by molar-refractivity contribution is 7.92. The van der Waals surface area contributed by atoms with E-state index in [-0.39, 0.29) is 11.4 Å². The van der Waals surface area contributed by atoms with Crippen molar-refractivity contribution < 1.29 is 17.2 Å². The molecule has 3 N–H and O–H groups in total. The molecule has 2 rings (SSSR count). The van der Waals surface area contributed by atoms with Crippen molar-refractivity contribution in [3.05, 3.63) is 47.8 Å². The Morgan fingerprint density at radius 3 is 2.30 bits per heavy atom. The van der Waals surface area contributed by atoms with Crippen LogP contribution in [0.1, 0.15) is 5.56 Å². The number of benzene rings is 1. The van der Waals surface area contributed by atoms with Crippen molar-refractivity contribution in [2.24, 2.45) is 0 Å². The summed E-state index contributed by atoms with van der Waals surface area (Å²) in [5.74, 6) is -2.51. The van der Waals surface area contributed by atoms with Crippen LogP contribution in [0, 0.1) is 18.6 Å². The third-order valence-electron chi connectivity index (χ3n) is 2.42. The van der Waals surface area contributed by atoms with Crippen molar-refractivity contribution >= 4 is 21.4 Å². The molecule has 0 bridgehead atoms. The summed E-state index contributed by atoms with van der Waals surface area (Å²) in [6.45, 7) is 1.70. The maximum Gasteiger partial charge on any atom is 0.267 e. The average Bonchev–Trinajstić information content (AvgIpc) is 2.25. The van der Waals surface area contributed by atoms with E-state index in [4.69, 9.17) is 5.73 Å². The van der Waals surface area contributed by atoms with E-state index in [1.807, 2.05) is 0 Å². The summed E-state index contributed by atoms with van der Waals surface area (Å²) in [6.07, 6.45) is 2.75. The zero-order valence-electron chi connectivity index (χ0n) is 10.4. The Labute approximate surface area is 114 Å². The molecule has 0 saturated carbocycles. The third kappa shape index (κ3) is 2.85. The van der Waals surface area contributed by atoms with Crippen LogP contribution >= 0.6 is 0 Å². The maximum atomic E-state index is 13.6. The van der Waals surface area contributed by atoms with Gasteiger partial charge in [0.1, 0.15) is 11.6 Å². The second-order valence-electron chi connectivity index (χ2n) is 4.17. The van der Waals surface area contributed by atoms with Crippen LogP contribution in [0.3, 0.4) is 0 Å². The summed E-state index contributed by atoms with van der Waals surface area (Å²) in [6, 6.07) is 2.97. The molecule has 0 radical (unpaired) electrons. The van der Waals surface area contributed by atoms with Crippen molar-refractivity contribution in [3.8, 4) is 0 Å². The first-order valence-corrected chi connectivity index (χ1v) is 6.97. The Kier molecular flexibility index (Phi) is 3.58. The summed E-state index contributed by atoms with van der Waals surface area (Å²) in [5.41, 5.74) is 5.85. The third-order valence-corrected chi connectivity index (χ3v) is 3.85. The number of pyridine rings is 1. The van der Waals surface area contributed by atoms with Gasteiger partial charge in [-0.1, -0.05) is 0 Å². The molecular weight excluding hydrogens is 288 g/mol. The number of nitrogens with zero attached hydrogens (tertiary/aromatic N) is 1. The van der Waals surface area contributed by atoms with E-state index in [2.05, 4.69) is 9.71 Å². The van der Waals surface area contributed by atoms with Crippen LogP contribution in [0.25, 0.3) is 0 Å². The number of aryl methyl sites for hydroxylation is 1. The number of hydrogen-bond donors (Lipinski definition) is 2. The van der Waals surface area contributed by atoms with Gasteiger partial charge in [0.15, 0.2) is 4.90 Å². The first kappa shape index (κ1) is 14.2. The summed E-state index contributed by atoms with van der Waals surface area (Å²) < 4.78 is 53.3. The summed E-state index contributed by atoms with van der Waals surface area (Å²) in [5, 5.41) is 0. The Morgan fingerprint density at radius 1 is 1.15 bits per heavy atom. The summed E-state index contributed by atoms with van der Waals surface area (Å²) >= 11 is 0. The monoisotopic (exact) mass is 299 g/mol. The van der Waals surface area contributed by atoms with Crippen LogP contribution in [0.5, 0.6) is 0 Å². The van der Waals surface area contributed by atoms with Gasteiger partial charge >= 0.3 is 0 Å². The molecule has 0 fully saturated rings. The number of anilines is 2. The minimum atomic E-state index is -4.40. The fourth-order valence-corrected chi connectivity index (χ4v) is 2.81. The smallest absolute Gasteiger partial charge is 0.267 e. The molecule has 0 aliphatic heterocycles. The van der Waals surface area contributed by atoms with E-state index in [9.17, 15) is 17.2 Å². The van der Waals surface area contributed by atoms with Gasteiger partial charge in [0.05, 0.1) is 11.9 Å². The SMILES string of the molecule is Cc1cncc(NS(=O)(=O)c2c(F)cc(N)cc2F)c1. The predicted molar refractivity (Wildman–Crippen MR) is 70.6 cm³/mol. The van der Waals surface area contributed by atoms with Gasteiger partial charge in [-0.05, 0) is 30.7 Å². The molecule has 1 aromatic heterocycles. The molecule has 0 amide bonds. The normalized spacial score (nSPS) is 11.3. The Morgan fingerprint density at radius 2 is 1.75 bits per heavy atom. The standard InChI is InChI=1S/C12H11F2N3O2S/c1-7-2-9(6-16-5-7)17-20(18,19)12-10(13)3-8(15)4-11(12)14/h2-6,17H,15H2,1H3. The number of nitrogen functional groups attached to an aromatic ring is 1. The van der Waals surface area contributed by atoms with Gasteiger partial charge in [-0.15, -0.1) is 0 Å².